The van der Waals surface area contributed by atoms with Crippen LogP contribution in [0.1, 0.15) is 59.2 Å². The molecule has 2 aromatic rings. The van der Waals surface area contributed by atoms with Crippen molar-refractivity contribution >= 4 is 17.9 Å². The Morgan fingerprint density at radius 3 is 2.62 bits per heavy atom. The third kappa shape index (κ3) is 2.58. The number of halogens is 1. The van der Waals surface area contributed by atoms with Crippen LogP contribution in [0, 0.1) is 13.8 Å². The van der Waals surface area contributed by atoms with Gasteiger partial charge in [-0.05, 0) is 26.7 Å². The third-order valence-corrected chi connectivity index (χ3v) is 4.28. The van der Waals surface area contributed by atoms with E-state index in [-0.39, 0.29) is 0 Å². The normalized spacial score (nSPS) is 15.6. The molecule has 5 nitrogen and oxygen atoms in total. The van der Waals surface area contributed by atoms with Gasteiger partial charge in [0, 0.05) is 17.7 Å². The van der Waals surface area contributed by atoms with Crippen LogP contribution in [0.4, 0.5) is 0 Å². The summed E-state index contributed by atoms with van der Waals surface area (Å²) in [4.78, 5) is 20.0. The van der Waals surface area contributed by atoms with Gasteiger partial charge in [-0.3, -0.25) is 4.79 Å². The Kier molecular flexibility index (Phi) is 3.76. The molecule has 0 radical (unpaired) electrons. The van der Waals surface area contributed by atoms with Gasteiger partial charge in [-0.2, -0.15) is 5.10 Å². The second kappa shape index (κ2) is 5.56. The lowest BCUT2D eigenvalue weighted by Gasteiger charge is -2.06. The predicted octanol–water partition coefficient (Wildman–Crippen LogP) is 3.40. The van der Waals surface area contributed by atoms with Crippen molar-refractivity contribution < 1.29 is 4.79 Å². The zero-order valence-electron chi connectivity index (χ0n) is 12.1. The molecular formula is C15H17ClN4O. The van der Waals surface area contributed by atoms with E-state index < -0.39 is 0 Å². The maximum absolute atomic E-state index is 11.4. The lowest BCUT2D eigenvalue weighted by molar-refractivity contribution is 0.112. The zero-order valence-corrected chi connectivity index (χ0v) is 12.9. The van der Waals surface area contributed by atoms with E-state index in [1.54, 1.807) is 4.68 Å². The maximum atomic E-state index is 11.4. The highest BCUT2D eigenvalue weighted by Crippen LogP contribution is 2.37. The van der Waals surface area contributed by atoms with E-state index in [1.807, 2.05) is 19.9 Å². The second-order valence-electron chi connectivity index (χ2n) is 5.52. The minimum absolute atomic E-state index is 0.327. The average Bonchev–Trinajstić information content (AvgIpc) is 3.04. The summed E-state index contributed by atoms with van der Waals surface area (Å²) < 4.78 is 1.56. The second-order valence-corrected chi connectivity index (χ2v) is 5.87. The minimum Gasteiger partial charge on any atom is -0.298 e. The Morgan fingerprint density at radius 1 is 1.29 bits per heavy atom. The van der Waals surface area contributed by atoms with Crippen LogP contribution < -0.4 is 0 Å². The van der Waals surface area contributed by atoms with Gasteiger partial charge in [0.2, 0.25) is 0 Å². The molecule has 1 aliphatic carbocycles. The first-order valence-corrected chi connectivity index (χ1v) is 7.54. The molecule has 0 unspecified atom stereocenters. The van der Waals surface area contributed by atoms with Crippen molar-refractivity contribution in [3.8, 4) is 5.82 Å². The van der Waals surface area contributed by atoms with Crippen LogP contribution in [0.2, 0.25) is 5.15 Å². The van der Waals surface area contributed by atoms with Crippen LogP contribution in [0.5, 0.6) is 0 Å². The Hall–Kier alpha value is -1.75. The Bertz CT molecular complexity index is 669. The number of hydrogen-bond acceptors (Lipinski definition) is 4. The highest BCUT2D eigenvalue weighted by atomic mass is 35.5. The Labute approximate surface area is 128 Å². The number of carbonyl (C=O) groups is 1. The number of rotatable bonds is 3. The molecule has 1 saturated carbocycles. The van der Waals surface area contributed by atoms with Crippen LogP contribution in [-0.4, -0.2) is 26.0 Å². The summed E-state index contributed by atoms with van der Waals surface area (Å²) in [6.07, 6.45) is 5.30. The first-order chi connectivity index (χ1) is 10.1. The van der Waals surface area contributed by atoms with Gasteiger partial charge in [-0.25, -0.2) is 14.6 Å². The first-order valence-electron chi connectivity index (χ1n) is 7.16. The van der Waals surface area contributed by atoms with Crippen LogP contribution >= 0.6 is 11.6 Å². The molecule has 0 bridgehead atoms. The van der Waals surface area contributed by atoms with Gasteiger partial charge < -0.3 is 0 Å². The van der Waals surface area contributed by atoms with Gasteiger partial charge in [-0.1, -0.05) is 24.4 Å². The van der Waals surface area contributed by atoms with Gasteiger partial charge in [0.15, 0.2) is 12.1 Å². The largest absolute Gasteiger partial charge is 0.298 e. The number of carbonyl (C=O) groups excluding carboxylic acids is 1. The van der Waals surface area contributed by atoms with Crippen molar-refractivity contribution in [2.45, 2.75) is 45.4 Å². The maximum Gasteiger partial charge on any atom is 0.159 e. The molecule has 0 N–H and O–H groups in total. The molecule has 2 aromatic heterocycles. The van der Waals surface area contributed by atoms with Crippen molar-refractivity contribution in [2.24, 2.45) is 0 Å². The quantitative estimate of drug-likeness (QED) is 0.815. The van der Waals surface area contributed by atoms with E-state index in [1.165, 1.54) is 12.8 Å². The highest BCUT2D eigenvalue weighted by molar-refractivity contribution is 6.32. The van der Waals surface area contributed by atoms with E-state index >= 15 is 0 Å². The summed E-state index contributed by atoms with van der Waals surface area (Å²) in [7, 11) is 0. The van der Waals surface area contributed by atoms with Crippen molar-refractivity contribution in [1.82, 2.24) is 19.7 Å². The number of nitrogens with zero attached hydrogens (tertiary/aromatic N) is 4. The van der Waals surface area contributed by atoms with E-state index in [9.17, 15) is 4.79 Å². The molecule has 0 amide bonds. The van der Waals surface area contributed by atoms with Crippen LogP contribution in [0.3, 0.4) is 0 Å². The molecule has 0 aromatic carbocycles. The summed E-state index contributed by atoms with van der Waals surface area (Å²) in [5.41, 5.74) is 2.15. The molecule has 110 valence electrons. The fourth-order valence-corrected chi connectivity index (χ4v) is 3.26. The van der Waals surface area contributed by atoms with E-state index in [4.69, 9.17) is 11.6 Å². The highest BCUT2D eigenvalue weighted by Gasteiger charge is 2.26. The van der Waals surface area contributed by atoms with Crippen molar-refractivity contribution in [2.75, 3.05) is 0 Å². The van der Waals surface area contributed by atoms with E-state index in [2.05, 4.69) is 15.1 Å². The predicted molar refractivity (Wildman–Crippen MR) is 80.2 cm³/mol. The number of aryl methyl sites for hydroxylation is 2. The van der Waals surface area contributed by atoms with Crippen molar-refractivity contribution in [3.63, 3.8) is 0 Å². The third-order valence-electron chi connectivity index (χ3n) is 3.92. The van der Waals surface area contributed by atoms with E-state index in [0.717, 1.165) is 30.5 Å². The SMILES string of the molecule is Cc1cc(-n2nc(C3CCCC3)c(C=O)c2Cl)nc(C)n1. The topological polar surface area (TPSA) is 60.7 Å². The lowest BCUT2D eigenvalue weighted by Crippen LogP contribution is -2.04. The van der Waals surface area contributed by atoms with Gasteiger partial charge in [-0.15, -0.1) is 0 Å². The molecule has 2 heterocycles. The minimum atomic E-state index is 0.327. The fourth-order valence-electron chi connectivity index (χ4n) is 2.99. The summed E-state index contributed by atoms with van der Waals surface area (Å²) in [5.74, 6) is 1.59. The summed E-state index contributed by atoms with van der Waals surface area (Å²) in [6, 6.07) is 1.82. The molecule has 1 aliphatic rings. The van der Waals surface area contributed by atoms with Gasteiger partial charge in [0.1, 0.15) is 11.0 Å². The van der Waals surface area contributed by atoms with Crippen molar-refractivity contribution in [1.29, 1.82) is 0 Å². The number of aldehydes is 1. The molecule has 6 heteroatoms. The molecule has 3 rings (SSSR count). The molecule has 0 atom stereocenters. The van der Waals surface area contributed by atoms with E-state index in [0.29, 0.717) is 28.3 Å². The van der Waals surface area contributed by atoms with Crippen LogP contribution in [0.25, 0.3) is 5.82 Å². The molecule has 1 fully saturated rings. The molecule has 21 heavy (non-hydrogen) atoms. The van der Waals surface area contributed by atoms with Crippen LogP contribution in [0.15, 0.2) is 6.07 Å². The zero-order chi connectivity index (χ0) is 15.0. The summed E-state index contributed by atoms with van der Waals surface area (Å²) in [6.45, 7) is 3.72. The van der Waals surface area contributed by atoms with Gasteiger partial charge >= 0.3 is 0 Å². The lowest BCUT2D eigenvalue weighted by atomic mass is 10.0. The number of hydrogen-bond donors (Lipinski definition) is 0. The molecule has 0 spiro atoms. The van der Waals surface area contributed by atoms with Gasteiger partial charge in [0.25, 0.3) is 0 Å². The average molecular weight is 305 g/mol. The smallest absolute Gasteiger partial charge is 0.159 e. The fraction of sp³-hybridized carbons (Fsp3) is 0.467. The van der Waals surface area contributed by atoms with Crippen LogP contribution in [-0.2, 0) is 0 Å². The first kappa shape index (κ1) is 14.2. The number of aromatic nitrogens is 4. The standard InChI is InChI=1S/C15H17ClN4O/c1-9-7-13(18-10(2)17-9)20-15(16)12(8-21)14(19-20)11-5-3-4-6-11/h7-8,11H,3-6H2,1-2H3. The molecular weight excluding hydrogens is 288 g/mol. The monoisotopic (exact) mass is 304 g/mol. The summed E-state index contributed by atoms with van der Waals surface area (Å²) in [5, 5.41) is 4.92. The van der Waals surface area contributed by atoms with Gasteiger partial charge in [0.05, 0.1) is 11.3 Å². The Morgan fingerprint density at radius 2 is 2.00 bits per heavy atom. The molecule has 0 aliphatic heterocycles. The van der Waals surface area contributed by atoms with Crippen molar-refractivity contribution in [3.05, 3.63) is 34.0 Å². The Balaban J connectivity index is 2.12. The molecule has 0 saturated heterocycles. The summed E-state index contributed by atoms with van der Waals surface area (Å²) >= 11 is 6.36.